The van der Waals surface area contributed by atoms with Crippen LogP contribution in [-0.4, -0.2) is 23.0 Å². The Morgan fingerprint density at radius 1 is 1.44 bits per heavy atom. The first kappa shape index (κ1) is 10.7. The van der Waals surface area contributed by atoms with E-state index in [9.17, 15) is 9.59 Å². The molecule has 1 saturated carbocycles. The van der Waals surface area contributed by atoms with E-state index in [1.807, 2.05) is 0 Å². The summed E-state index contributed by atoms with van der Waals surface area (Å²) in [4.78, 5) is 22.6. The maximum atomic E-state index is 11.7. The third-order valence-corrected chi connectivity index (χ3v) is 2.93. The van der Waals surface area contributed by atoms with Crippen LogP contribution in [0.5, 0.6) is 0 Å². The lowest BCUT2D eigenvalue weighted by Gasteiger charge is -2.16. The average molecular weight is 223 g/mol. The minimum absolute atomic E-state index is 0.264. The number of carboxylic acids is 1. The van der Waals surface area contributed by atoms with Crippen LogP contribution in [0.15, 0.2) is 23.0 Å². The Labute approximate surface area is 92.4 Å². The fourth-order valence-electron chi connectivity index (χ4n) is 2.07. The molecule has 1 amide bonds. The van der Waals surface area contributed by atoms with Gasteiger partial charge in [-0.25, -0.2) is 0 Å². The lowest BCUT2D eigenvalue weighted by atomic mass is 10.0. The van der Waals surface area contributed by atoms with Crippen LogP contribution < -0.4 is 5.32 Å². The van der Waals surface area contributed by atoms with E-state index in [4.69, 9.17) is 9.52 Å². The van der Waals surface area contributed by atoms with Crippen molar-refractivity contribution in [3.63, 3.8) is 0 Å². The van der Waals surface area contributed by atoms with Crippen molar-refractivity contribution in [3.8, 4) is 0 Å². The highest BCUT2D eigenvalue weighted by molar-refractivity contribution is 5.94. The fourth-order valence-corrected chi connectivity index (χ4v) is 2.07. The summed E-state index contributed by atoms with van der Waals surface area (Å²) in [6.07, 6.45) is 4.96. The molecule has 0 spiro atoms. The Bertz CT molecular complexity index is 385. The number of nitrogens with one attached hydrogen (secondary N) is 1. The predicted molar refractivity (Wildman–Crippen MR) is 54.9 cm³/mol. The van der Waals surface area contributed by atoms with Gasteiger partial charge in [-0.05, 0) is 18.9 Å². The second-order valence-electron chi connectivity index (χ2n) is 3.97. The molecular weight excluding hydrogens is 210 g/mol. The number of hydrogen-bond acceptors (Lipinski definition) is 3. The molecule has 0 radical (unpaired) electrons. The molecule has 2 rings (SSSR count). The normalized spacial score (nSPS) is 24.2. The van der Waals surface area contributed by atoms with Gasteiger partial charge >= 0.3 is 5.97 Å². The van der Waals surface area contributed by atoms with E-state index in [1.165, 1.54) is 12.5 Å². The van der Waals surface area contributed by atoms with Crippen LogP contribution in [-0.2, 0) is 4.79 Å². The van der Waals surface area contributed by atoms with Gasteiger partial charge in [0.25, 0.3) is 5.91 Å². The minimum Gasteiger partial charge on any atom is -0.481 e. The van der Waals surface area contributed by atoms with E-state index in [-0.39, 0.29) is 11.9 Å². The largest absolute Gasteiger partial charge is 0.481 e. The van der Waals surface area contributed by atoms with E-state index < -0.39 is 11.9 Å². The summed E-state index contributed by atoms with van der Waals surface area (Å²) >= 11 is 0. The van der Waals surface area contributed by atoms with Crippen LogP contribution in [0, 0.1) is 5.92 Å². The smallest absolute Gasteiger partial charge is 0.308 e. The van der Waals surface area contributed by atoms with Gasteiger partial charge in [-0.1, -0.05) is 6.42 Å². The molecule has 1 fully saturated rings. The highest BCUT2D eigenvalue weighted by Gasteiger charge is 2.34. The average Bonchev–Trinajstić information content (AvgIpc) is 2.86. The van der Waals surface area contributed by atoms with Crippen molar-refractivity contribution in [2.75, 3.05) is 0 Å². The van der Waals surface area contributed by atoms with Crippen LogP contribution in [0.1, 0.15) is 29.6 Å². The highest BCUT2D eigenvalue weighted by atomic mass is 16.4. The molecular formula is C11H13NO4. The number of amides is 1. The molecule has 2 atom stereocenters. The lowest BCUT2D eigenvalue weighted by molar-refractivity contribution is -0.142. The number of carboxylic acid groups (broad SMARTS) is 1. The topological polar surface area (TPSA) is 79.5 Å². The Hall–Kier alpha value is -1.78. The summed E-state index contributed by atoms with van der Waals surface area (Å²) in [5.74, 6) is -1.57. The van der Waals surface area contributed by atoms with Gasteiger partial charge in [0, 0.05) is 6.04 Å². The number of hydrogen-bond donors (Lipinski definition) is 2. The summed E-state index contributed by atoms with van der Waals surface area (Å²) in [6.45, 7) is 0. The van der Waals surface area contributed by atoms with Gasteiger partial charge in [-0.2, -0.15) is 0 Å². The Morgan fingerprint density at radius 2 is 2.25 bits per heavy atom. The zero-order chi connectivity index (χ0) is 11.5. The molecule has 1 aromatic heterocycles. The molecule has 1 aromatic rings. The predicted octanol–water partition coefficient (Wildman–Crippen LogP) is 1.26. The molecule has 5 heteroatoms. The van der Waals surface area contributed by atoms with Crippen molar-refractivity contribution < 1.29 is 19.1 Å². The van der Waals surface area contributed by atoms with E-state index in [1.54, 1.807) is 6.07 Å². The van der Waals surface area contributed by atoms with Crippen molar-refractivity contribution >= 4 is 11.9 Å². The highest BCUT2D eigenvalue weighted by Crippen LogP contribution is 2.26. The first-order chi connectivity index (χ1) is 7.68. The quantitative estimate of drug-likeness (QED) is 0.808. The van der Waals surface area contributed by atoms with Gasteiger partial charge in [0.1, 0.15) is 6.26 Å². The summed E-state index contributed by atoms with van der Waals surface area (Å²) in [5.41, 5.74) is 0.427. The Kier molecular flexibility index (Phi) is 2.94. The van der Waals surface area contributed by atoms with Crippen molar-refractivity contribution in [1.29, 1.82) is 0 Å². The first-order valence-corrected chi connectivity index (χ1v) is 5.24. The molecule has 0 unspecified atom stereocenters. The first-order valence-electron chi connectivity index (χ1n) is 5.24. The fraction of sp³-hybridized carbons (Fsp3) is 0.455. The van der Waals surface area contributed by atoms with Gasteiger partial charge in [-0.3, -0.25) is 9.59 Å². The molecule has 16 heavy (non-hydrogen) atoms. The van der Waals surface area contributed by atoms with E-state index in [0.717, 1.165) is 12.8 Å². The Balaban J connectivity index is 1.99. The van der Waals surface area contributed by atoms with Crippen molar-refractivity contribution in [3.05, 3.63) is 24.2 Å². The second-order valence-corrected chi connectivity index (χ2v) is 3.97. The number of rotatable bonds is 3. The summed E-state index contributed by atoms with van der Waals surface area (Å²) < 4.78 is 4.80. The van der Waals surface area contributed by atoms with Gasteiger partial charge in [0.05, 0.1) is 17.7 Å². The number of carbonyl (C=O) groups is 2. The van der Waals surface area contributed by atoms with E-state index in [2.05, 4.69) is 5.32 Å². The third-order valence-electron chi connectivity index (χ3n) is 2.93. The maximum Gasteiger partial charge on any atom is 0.308 e. The molecule has 86 valence electrons. The second kappa shape index (κ2) is 4.38. The molecule has 0 saturated heterocycles. The molecule has 1 heterocycles. The van der Waals surface area contributed by atoms with Crippen LogP contribution in [0.4, 0.5) is 0 Å². The van der Waals surface area contributed by atoms with Gasteiger partial charge in [0.15, 0.2) is 0 Å². The SMILES string of the molecule is O=C(N[C@H]1CCC[C@H]1C(=O)O)c1ccoc1. The van der Waals surface area contributed by atoms with Crippen LogP contribution in [0.3, 0.4) is 0 Å². The monoisotopic (exact) mass is 223 g/mol. The van der Waals surface area contributed by atoms with Crippen LogP contribution in [0.2, 0.25) is 0 Å². The minimum atomic E-state index is -0.838. The summed E-state index contributed by atoms with van der Waals surface area (Å²) in [6, 6.07) is 1.29. The standard InChI is InChI=1S/C11H13NO4/c13-10(7-4-5-16-6-7)12-9-3-1-2-8(9)11(14)15/h4-6,8-9H,1-3H2,(H,12,13)(H,14,15)/t8-,9+/m1/s1. The molecule has 0 bridgehead atoms. The molecule has 2 N–H and O–H groups in total. The summed E-state index contributed by atoms with van der Waals surface area (Å²) in [7, 11) is 0. The van der Waals surface area contributed by atoms with Crippen molar-refractivity contribution in [1.82, 2.24) is 5.32 Å². The molecule has 5 nitrogen and oxygen atoms in total. The zero-order valence-electron chi connectivity index (χ0n) is 8.68. The maximum absolute atomic E-state index is 11.7. The zero-order valence-corrected chi connectivity index (χ0v) is 8.68. The van der Waals surface area contributed by atoms with Gasteiger partial charge in [-0.15, -0.1) is 0 Å². The lowest BCUT2D eigenvalue weighted by Crippen LogP contribution is -2.40. The van der Waals surface area contributed by atoms with Gasteiger partial charge < -0.3 is 14.8 Å². The summed E-state index contributed by atoms with van der Waals surface area (Å²) in [5, 5.41) is 11.7. The number of carbonyl (C=O) groups excluding carboxylic acids is 1. The molecule has 1 aliphatic rings. The van der Waals surface area contributed by atoms with Crippen molar-refractivity contribution in [2.45, 2.75) is 25.3 Å². The number of furan rings is 1. The van der Waals surface area contributed by atoms with E-state index in [0.29, 0.717) is 12.0 Å². The molecule has 1 aliphatic carbocycles. The van der Waals surface area contributed by atoms with E-state index >= 15 is 0 Å². The van der Waals surface area contributed by atoms with Crippen LogP contribution in [0.25, 0.3) is 0 Å². The third kappa shape index (κ3) is 2.08. The molecule has 0 aromatic carbocycles. The van der Waals surface area contributed by atoms with Crippen LogP contribution >= 0.6 is 0 Å². The van der Waals surface area contributed by atoms with Gasteiger partial charge in [0.2, 0.25) is 0 Å². The Morgan fingerprint density at radius 3 is 2.88 bits per heavy atom. The number of aliphatic carboxylic acids is 1. The van der Waals surface area contributed by atoms with Crippen molar-refractivity contribution in [2.24, 2.45) is 5.92 Å². The molecule has 0 aliphatic heterocycles.